The molecule has 0 saturated heterocycles. The Labute approximate surface area is 151 Å². The van der Waals surface area contributed by atoms with Gasteiger partial charge in [0.1, 0.15) is 0 Å². The minimum atomic E-state index is -0.0620. The monoisotopic (exact) mass is 440 g/mol. The van der Waals surface area contributed by atoms with E-state index in [0.29, 0.717) is 0 Å². The van der Waals surface area contributed by atoms with Crippen molar-refractivity contribution >= 4 is 43.7 Å². The standard InChI is InChI=1S/C16H30Br2N2O2/c1-3-9-13(17)15(21)19-11-7-5-6-8-12-20-16(22)14(18)10-4-2/h13-14H,3-12H2,1-2H3,(H,19,21)(H,20,22)/t13-,14-/m0/s1. The number of unbranched alkanes of at least 4 members (excludes halogenated alkanes) is 3. The van der Waals surface area contributed by atoms with E-state index in [1.165, 1.54) is 0 Å². The van der Waals surface area contributed by atoms with Crippen molar-refractivity contribution in [1.29, 1.82) is 0 Å². The number of rotatable bonds is 13. The highest BCUT2D eigenvalue weighted by atomic mass is 79.9. The van der Waals surface area contributed by atoms with Crippen molar-refractivity contribution in [1.82, 2.24) is 10.6 Å². The fraction of sp³-hybridized carbons (Fsp3) is 0.875. The van der Waals surface area contributed by atoms with Gasteiger partial charge in [0.15, 0.2) is 0 Å². The van der Waals surface area contributed by atoms with Gasteiger partial charge in [0.25, 0.3) is 0 Å². The fourth-order valence-corrected chi connectivity index (χ4v) is 3.26. The highest BCUT2D eigenvalue weighted by molar-refractivity contribution is 9.10. The smallest absolute Gasteiger partial charge is 0.233 e. The topological polar surface area (TPSA) is 58.2 Å². The van der Waals surface area contributed by atoms with Crippen LogP contribution in [0, 0.1) is 0 Å². The van der Waals surface area contributed by atoms with E-state index in [1.54, 1.807) is 0 Å². The van der Waals surface area contributed by atoms with Gasteiger partial charge in [-0.25, -0.2) is 0 Å². The van der Waals surface area contributed by atoms with E-state index < -0.39 is 0 Å². The zero-order chi connectivity index (χ0) is 16.8. The third kappa shape index (κ3) is 11.5. The fourth-order valence-electron chi connectivity index (χ4n) is 2.02. The van der Waals surface area contributed by atoms with Gasteiger partial charge in [0.05, 0.1) is 9.65 Å². The third-order valence-electron chi connectivity index (χ3n) is 3.36. The van der Waals surface area contributed by atoms with Gasteiger partial charge < -0.3 is 10.6 Å². The Morgan fingerprint density at radius 2 is 1.14 bits per heavy atom. The van der Waals surface area contributed by atoms with Gasteiger partial charge in [-0.15, -0.1) is 0 Å². The summed E-state index contributed by atoms with van der Waals surface area (Å²) in [6.07, 6.45) is 7.87. The van der Waals surface area contributed by atoms with Crippen LogP contribution in [0.3, 0.4) is 0 Å². The molecule has 0 aromatic carbocycles. The molecule has 2 atom stereocenters. The lowest BCUT2D eigenvalue weighted by Gasteiger charge is -2.10. The van der Waals surface area contributed by atoms with Gasteiger partial charge in [0.2, 0.25) is 11.8 Å². The van der Waals surface area contributed by atoms with E-state index in [1.807, 2.05) is 0 Å². The molecule has 0 bridgehead atoms. The van der Waals surface area contributed by atoms with E-state index in [4.69, 9.17) is 0 Å². The zero-order valence-corrected chi connectivity index (χ0v) is 17.0. The second-order valence-corrected chi connectivity index (χ2v) is 7.72. The lowest BCUT2D eigenvalue weighted by molar-refractivity contribution is -0.121. The average Bonchev–Trinajstić information content (AvgIpc) is 2.49. The molecular weight excluding hydrogens is 412 g/mol. The lowest BCUT2D eigenvalue weighted by Crippen LogP contribution is -2.32. The Kier molecular flexibility index (Phi) is 14.4. The molecule has 0 aliphatic carbocycles. The number of amides is 2. The maximum Gasteiger partial charge on any atom is 0.233 e. The van der Waals surface area contributed by atoms with Crippen LogP contribution in [0.5, 0.6) is 0 Å². The van der Waals surface area contributed by atoms with Gasteiger partial charge in [0, 0.05) is 13.1 Å². The van der Waals surface area contributed by atoms with Crippen molar-refractivity contribution in [2.45, 2.75) is 74.9 Å². The lowest BCUT2D eigenvalue weighted by atomic mass is 10.2. The largest absolute Gasteiger partial charge is 0.355 e. The predicted molar refractivity (Wildman–Crippen MR) is 99.7 cm³/mol. The number of nitrogens with one attached hydrogen (secondary N) is 2. The second kappa shape index (κ2) is 14.5. The summed E-state index contributed by atoms with van der Waals surface area (Å²) >= 11 is 6.77. The number of alkyl halides is 2. The van der Waals surface area contributed by atoms with Gasteiger partial charge in [-0.1, -0.05) is 71.4 Å². The molecule has 130 valence electrons. The minimum absolute atomic E-state index is 0.0620. The van der Waals surface area contributed by atoms with Crippen LogP contribution in [0.4, 0.5) is 0 Å². The molecule has 4 nitrogen and oxygen atoms in total. The first-order valence-electron chi connectivity index (χ1n) is 8.36. The van der Waals surface area contributed by atoms with Gasteiger partial charge >= 0.3 is 0 Å². The molecule has 0 rings (SSSR count). The molecule has 0 aromatic rings. The Hall–Kier alpha value is -0.100. The summed E-state index contributed by atoms with van der Waals surface area (Å²) in [5.74, 6) is 0.182. The van der Waals surface area contributed by atoms with Crippen molar-refractivity contribution in [3.63, 3.8) is 0 Å². The summed E-state index contributed by atoms with van der Waals surface area (Å²) in [5.41, 5.74) is 0. The Morgan fingerprint density at radius 3 is 1.45 bits per heavy atom. The van der Waals surface area contributed by atoms with Crippen LogP contribution in [0.1, 0.15) is 65.2 Å². The van der Waals surface area contributed by atoms with Crippen LogP contribution in [0.25, 0.3) is 0 Å². The van der Waals surface area contributed by atoms with Gasteiger partial charge in [-0.05, 0) is 25.7 Å². The summed E-state index contributed by atoms with van der Waals surface area (Å²) in [6, 6.07) is 0. The molecule has 0 heterocycles. The highest BCUT2D eigenvalue weighted by Gasteiger charge is 2.13. The SMILES string of the molecule is CCC[C@H](Br)C(=O)NCCCCCCNC(=O)[C@@H](Br)CCC. The third-order valence-corrected chi connectivity index (χ3v) is 5.10. The number of hydrogen-bond acceptors (Lipinski definition) is 2. The Bertz CT molecular complexity index is 285. The maximum atomic E-state index is 11.7. The first-order chi connectivity index (χ1) is 10.5. The minimum Gasteiger partial charge on any atom is -0.355 e. The van der Waals surface area contributed by atoms with E-state index in [9.17, 15) is 9.59 Å². The maximum absolute atomic E-state index is 11.7. The van der Waals surface area contributed by atoms with Crippen molar-refractivity contribution in [3.05, 3.63) is 0 Å². The van der Waals surface area contributed by atoms with E-state index >= 15 is 0 Å². The molecule has 0 fully saturated rings. The predicted octanol–water partition coefficient (Wildman–Crippen LogP) is 3.91. The Morgan fingerprint density at radius 1 is 0.773 bits per heavy atom. The highest BCUT2D eigenvalue weighted by Crippen LogP contribution is 2.08. The first-order valence-corrected chi connectivity index (χ1v) is 10.2. The summed E-state index contributed by atoms with van der Waals surface area (Å²) in [7, 11) is 0. The normalized spacial score (nSPS) is 13.5. The van der Waals surface area contributed by atoms with Crippen LogP contribution in [0.2, 0.25) is 0 Å². The summed E-state index contributed by atoms with van der Waals surface area (Å²) < 4.78 is 0. The molecule has 0 saturated carbocycles. The quantitative estimate of drug-likeness (QED) is 0.336. The van der Waals surface area contributed by atoms with Crippen molar-refractivity contribution in [2.75, 3.05) is 13.1 Å². The summed E-state index contributed by atoms with van der Waals surface area (Å²) in [4.78, 5) is 23.2. The summed E-state index contributed by atoms with van der Waals surface area (Å²) in [6.45, 7) is 5.61. The molecule has 2 amide bonds. The Balaban J connectivity index is 3.44. The number of hydrogen-bond donors (Lipinski definition) is 2. The molecule has 0 aromatic heterocycles. The van der Waals surface area contributed by atoms with Crippen molar-refractivity contribution in [2.24, 2.45) is 0 Å². The molecule has 6 heteroatoms. The molecule has 0 radical (unpaired) electrons. The molecule has 0 spiro atoms. The van der Waals surface area contributed by atoms with Crippen LogP contribution in [0.15, 0.2) is 0 Å². The van der Waals surface area contributed by atoms with Gasteiger partial charge in [-0.3, -0.25) is 9.59 Å². The van der Waals surface area contributed by atoms with E-state index in [2.05, 4.69) is 56.3 Å². The average molecular weight is 442 g/mol. The molecular formula is C16H30Br2N2O2. The van der Waals surface area contributed by atoms with Crippen molar-refractivity contribution in [3.8, 4) is 0 Å². The molecule has 2 N–H and O–H groups in total. The van der Waals surface area contributed by atoms with Crippen LogP contribution in [-0.4, -0.2) is 34.6 Å². The second-order valence-electron chi connectivity index (χ2n) is 5.51. The van der Waals surface area contributed by atoms with E-state index in [-0.39, 0.29) is 21.5 Å². The first kappa shape index (κ1) is 21.9. The van der Waals surface area contributed by atoms with E-state index in [0.717, 1.165) is 64.5 Å². The summed E-state index contributed by atoms with van der Waals surface area (Å²) in [5, 5.41) is 5.89. The number of halogens is 2. The molecule has 0 aliphatic rings. The molecule has 0 aliphatic heterocycles. The molecule has 22 heavy (non-hydrogen) atoms. The zero-order valence-electron chi connectivity index (χ0n) is 13.8. The molecule has 0 unspecified atom stereocenters. The van der Waals surface area contributed by atoms with Gasteiger partial charge in [-0.2, -0.15) is 0 Å². The van der Waals surface area contributed by atoms with Crippen LogP contribution < -0.4 is 10.6 Å². The van der Waals surface area contributed by atoms with Crippen molar-refractivity contribution < 1.29 is 9.59 Å². The van der Waals surface area contributed by atoms with Crippen LogP contribution >= 0.6 is 31.9 Å². The number of carbonyl (C=O) groups excluding carboxylic acids is 2. The van der Waals surface area contributed by atoms with Crippen LogP contribution in [-0.2, 0) is 9.59 Å². The number of carbonyl (C=O) groups is 2.